The normalized spacial score (nSPS) is 10.2. The summed E-state index contributed by atoms with van der Waals surface area (Å²) in [5.74, 6) is 0.637. The molecule has 2 rings (SSSR count). The van der Waals surface area contributed by atoms with Gasteiger partial charge in [0.2, 0.25) is 0 Å². The van der Waals surface area contributed by atoms with Gasteiger partial charge < -0.3 is 10.1 Å². The van der Waals surface area contributed by atoms with Gasteiger partial charge in [-0.3, -0.25) is 0 Å². The lowest BCUT2D eigenvalue weighted by atomic mass is 10.1. The second-order valence-electron chi connectivity index (χ2n) is 3.79. The highest BCUT2D eigenvalue weighted by Crippen LogP contribution is 2.24. The molecular formula is C14H15FN2O. The molecule has 0 saturated carbocycles. The van der Waals surface area contributed by atoms with Crippen LogP contribution in [0.15, 0.2) is 36.4 Å². The number of benzene rings is 1. The van der Waals surface area contributed by atoms with Gasteiger partial charge in [0.05, 0.1) is 12.8 Å². The van der Waals surface area contributed by atoms with E-state index in [2.05, 4.69) is 10.3 Å². The van der Waals surface area contributed by atoms with Gasteiger partial charge in [-0.25, -0.2) is 9.37 Å². The molecular weight excluding hydrogens is 231 g/mol. The van der Waals surface area contributed by atoms with Crippen LogP contribution in [0.5, 0.6) is 5.75 Å². The summed E-state index contributed by atoms with van der Waals surface area (Å²) in [4.78, 5) is 4.41. The summed E-state index contributed by atoms with van der Waals surface area (Å²) >= 11 is 0. The Morgan fingerprint density at radius 2 is 2.11 bits per heavy atom. The monoisotopic (exact) mass is 246 g/mol. The van der Waals surface area contributed by atoms with Crippen molar-refractivity contribution in [2.24, 2.45) is 0 Å². The molecule has 0 fully saturated rings. The van der Waals surface area contributed by atoms with Crippen molar-refractivity contribution in [1.82, 2.24) is 4.98 Å². The Hall–Kier alpha value is -2.10. The minimum absolute atomic E-state index is 0.238. The van der Waals surface area contributed by atoms with Crippen LogP contribution >= 0.6 is 0 Å². The van der Waals surface area contributed by atoms with Crippen LogP contribution in [-0.2, 0) is 0 Å². The molecule has 3 nitrogen and oxygen atoms in total. The van der Waals surface area contributed by atoms with E-state index in [9.17, 15) is 4.39 Å². The highest BCUT2D eigenvalue weighted by molar-refractivity contribution is 5.62. The Labute approximate surface area is 106 Å². The lowest BCUT2D eigenvalue weighted by Crippen LogP contribution is -1.99. The molecule has 0 aliphatic carbocycles. The van der Waals surface area contributed by atoms with E-state index in [0.717, 1.165) is 23.6 Å². The summed E-state index contributed by atoms with van der Waals surface area (Å²) < 4.78 is 18.5. The SMILES string of the molecule is CCNc1cccc(-c2ccc(OC)c(F)c2)n1. The van der Waals surface area contributed by atoms with E-state index in [1.165, 1.54) is 13.2 Å². The average Bonchev–Trinajstić information content (AvgIpc) is 2.39. The van der Waals surface area contributed by atoms with Crippen molar-refractivity contribution < 1.29 is 9.13 Å². The van der Waals surface area contributed by atoms with Crippen LogP contribution in [0.4, 0.5) is 10.2 Å². The van der Waals surface area contributed by atoms with Crippen LogP contribution in [0.3, 0.4) is 0 Å². The number of nitrogens with zero attached hydrogens (tertiary/aromatic N) is 1. The van der Waals surface area contributed by atoms with Gasteiger partial charge in [-0.2, -0.15) is 0 Å². The maximum absolute atomic E-state index is 13.6. The minimum Gasteiger partial charge on any atom is -0.494 e. The van der Waals surface area contributed by atoms with E-state index in [-0.39, 0.29) is 11.6 Å². The third kappa shape index (κ3) is 2.59. The fourth-order valence-corrected chi connectivity index (χ4v) is 1.70. The minimum atomic E-state index is -0.384. The Bertz CT molecular complexity index is 543. The Kier molecular flexibility index (Phi) is 3.77. The van der Waals surface area contributed by atoms with Crippen LogP contribution < -0.4 is 10.1 Å². The summed E-state index contributed by atoms with van der Waals surface area (Å²) in [5.41, 5.74) is 1.46. The third-order valence-electron chi connectivity index (χ3n) is 2.55. The van der Waals surface area contributed by atoms with E-state index >= 15 is 0 Å². The Morgan fingerprint density at radius 3 is 2.78 bits per heavy atom. The van der Waals surface area contributed by atoms with E-state index in [1.54, 1.807) is 12.1 Å². The summed E-state index contributed by atoms with van der Waals surface area (Å²) in [7, 11) is 1.45. The molecule has 4 heteroatoms. The lowest BCUT2D eigenvalue weighted by Gasteiger charge is -2.07. The molecule has 18 heavy (non-hydrogen) atoms. The highest BCUT2D eigenvalue weighted by Gasteiger charge is 2.06. The van der Waals surface area contributed by atoms with Gasteiger partial charge in [0.25, 0.3) is 0 Å². The van der Waals surface area contributed by atoms with Gasteiger partial charge in [0.1, 0.15) is 5.82 Å². The predicted octanol–water partition coefficient (Wildman–Crippen LogP) is 3.33. The fourth-order valence-electron chi connectivity index (χ4n) is 1.70. The first-order valence-corrected chi connectivity index (χ1v) is 5.79. The molecule has 1 aromatic heterocycles. The number of anilines is 1. The number of hydrogen-bond donors (Lipinski definition) is 1. The van der Waals surface area contributed by atoms with Crippen molar-refractivity contribution in [2.75, 3.05) is 19.0 Å². The maximum atomic E-state index is 13.6. The zero-order valence-corrected chi connectivity index (χ0v) is 10.4. The molecule has 2 aromatic rings. The van der Waals surface area contributed by atoms with Gasteiger partial charge in [-0.15, -0.1) is 0 Å². The van der Waals surface area contributed by atoms with Crippen molar-refractivity contribution in [3.8, 4) is 17.0 Å². The summed E-state index contributed by atoms with van der Waals surface area (Å²) in [6.07, 6.45) is 0. The molecule has 0 saturated heterocycles. The Balaban J connectivity index is 2.36. The molecule has 0 radical (unpaired) electrons. The number of rotatable bonds is 4. The third-order valence-corrected chi connectivity index (χ3v) is 2.55. The second kappa shape index (κ2) is 5.49. The summed E-state index contributed by atoms with van der Waals surface area (Å²) in [6, 6.07) is 10.4. The second-order valence-corrected chi connectivity index (χ2v) is 3.79. The zero-order chi connectivity index (χ0) is 13.0. The lowest BCUT2D eigenvalue weighted by molar-refractivity contribution is 0.386. The van der Waals surface area contributed by atoms with E-state index in [4.69, 9.17) is 4.74 Å². The van der Waals surface area contributed by atoms with E-state index in [1.807, 2.05) is 25.1 Å². The quantitative estimate of drug-likeness (QED) is 0.898. The van der Waals surface area contributed by atoms with Crippen LogP contribution in [0.25, 0.3) is 11.3 Å². The van der Waals surface area contributed by atoms with Crippen molar-refractivity contribution in [2.45, 2.75) is 6.92 Å². The summed E-state index contributed by atoms with van der Waals surface area (Å²) in [5, 5.41) is 3.13. The van der Waals surface area contributed by atoms with Crippen molar-refractivity contribution in [3.63, 3.8) is 0 Å². The fraction of sp³-hybridized carbons (Fsp3) is 0.214. The van der Waals surface area contributed by atoms with Gasteiger partial charge in [0.15, 0.2) is 11.6 Å². The standard InChI is InChI=1S/C14H15FN2O/c1-3-16-14-6-4-5-12(17-14)10-7-8-13(18-2)11(15)9-10/h4-9H,3H2,1-2H3,(H,16,17). The topological polar surface area (TPSA) is 34.1 Å². The van der Waals surface area contributed by atoms with Crippen LogP contribution in [0.2, 0.25) is 0 Å². The molecule has 94 valence electrons. The van der Waals surface area contributed by atoms with Gasteiger partial charge in [-0.1, -0.05) is 6.07 Å². The number of hydrogen-bond acceptors (Lipinski definition) is 3. The van der Waals surface area contributed by atoms with Gasteiger partial charge in [-0.05, 0) is 37.3 Å². The molecule has 1 aromatic carbocycles. The number of methoxy groups -OCH3 is 1. The molecule has 0 aliphatic rings. The Morgan fingerprint density at radius 1 is 1.28 bits per heavy atom. The number of aromatic nitrogens is 1. The maximum Gasteiger partial charge on any atom is 0.165 e. The van der Waals surface area contributed by atoms with E-state index < -0.39 is 0 Å². The predicted molar refractivity (Wildman–Crippen MR) is 70.3 cm³/mol. The molecule has 0 spiro atoms. The van der Waals surface area contributed by atoms with Crippen LogP contribution in [0, 0.1) is 5.82 Å². The number of ether oxygens (including phenoxy) is 1. The first-order valence-electron chi connectivity index (χ1n) is 5.79. The van der Waals surface area contributed by atoms with Gasteiger partial charge in [0, 0.05) is 12.1 Å². The molecule has 1 heterocycles. The van der Waals surface area contributed by atoms with Crippen molar-refractivity contribution >= 4 is 5.82 Å². The van der Waals surface area contributed by atoms with Gasteiger partial charge >= 0.3 is 0 Å². The summed E-state index contributed by atoms with van der Waals surface area (Å²) in [6.45, 7) is 2.80. The van der Waals surface area contributed by atoms with Crippen molar-refractivity contribution in [1.29, 1.82) is 0 Å². The first kappa shape index (κ1) is 12.4. The molecule has 0 amide bonds. The van der Waals surface area contributed by atoms with Crippen molar-refractivity contribution in [3.05, 3.63) is 42.2 Å². The van der Waals surface area contributed by atoms with Crippen LogP contribution in [-0.4, -0.2) is 18.6 Å². The van der Waals surface area contributed by atoms with E-state index in [0.29, 0.717) is 0 Å². The zero-order valence-electron chi connectivity index (χ0n) is 10.4. The molecule has 0 atom stereocenters. The molecule has 0 unspecified atom stereocenters. The largest absolute Gasteiger partial charge is 0.494 e. The first-order chi connectivity index (χ1) is 8.74. The van der Waals surface area contributed by atoms with Crippen LogP contribution in [0.1, 0.15) is 6.92 Å². The highest BCUT2D eigenvalue weighted by atomic mass is 19.1. The average molecular weight is 246 g/mol. The smallest absolute Gasteiger partial charge is 0.165 e. The number of halogens is 1. The number of nitrogens with one attached hydrogen (secondary N) is 1. The molecule has 0 aliphatic heterocycles. The molecule has 1 N–H and O–H groups in total. The molecule has 0 bridgehead atoms. The number of pyridine rings is 1.